The minimum atomic E-state index is -1.21. The standard InChI is InChI=1S/C12H15BN2O7S/c16-10(17)7-22-15-11(8-2-1-5-23-8)12(18)14-9-6-20-3-4-21-13(9)19/h1-2,5,9,19H,3-4,6-7H2,(H,14,18)(H,16,17)/b15-11+. The van der Waals surface area contributed by atoms with Gasteiger partial charge in [-0.15, -0.1) is 11.3 Å². The van der Waals surface area contributed by atoms with Gasteiger partial charge in [0.1, 0.15) is 0 Å². The Bertz CT molecular complexity index is 566. The maximum absolute atomic E-state index is 12.4. The first kappa shape index (κ1) is 17.4. The molecular formula is C12H15BN2O7S. The molecule has 1 aromatic heterocycles. The predicted octanol–water partition coefficient (Wildman–Crippen LogP) is -0.895. The molecule has 0 saturated carbocycles. The van der Waals surface area contributed by atoms with E-state index in [1.165, 1.54) is 11.3 Å². The number of rotatable bonds is 6. The zero-order valence-electron chi connectivity index (χ0n) is 12.0. The van der Waals surface area contributed by atoms with Gasteiger partial charge in [-0.1, -0.05) is 11.2 Å². The van der Waals surface area contributed by atoms with Crippen LogP contribution in [0.15, 0.2) is 22.7 Å². The van der Waals surface area contributed by atoms with Gasteiger partial charge in [0.05, 0.1) is 30.6 Å². The van der Waals surface area contributed by atoms with Gasteiger partial charge in [0.25, 0.3) is 5.91 Å². The molecule has 11 heteroatoms. The van der Waals surface area contributed by atoms with Crippen LogP contribution in [0.1, 0.15) is 4.88 Å². The van der Waals surface area contributed by atoms with Crippen molar-refractivity contribution >= 4 is 36.0 Å². The number of carbonyl (C=O) groups excluding carboxylic acids is 1. The lowest BCUT2D eigenvalue weighted by molar-refractivity contribution is -0.142. The monoisotopic (exact) mass is 342 g/mol. The Balaban J connectivity index is 2.08. The third-order valence-electron chi connectivity index (χ3n) is 2.79. The van der Waals surface area contributed by atoms with E-state index in [1.807, 2.05) is 0 Å². The van der Waals surface area contributed by atoms with Crippen LogP contribution in [0.5, 0.6) is 0 Å². The summed E-state index contributed by atoms with van der Waals surface area (Å²) in [5.41, 5.74) is -0.0855. The van der Waals surface area contributed by atoms with E-state index in [0.717, 1.165) is 0 Å². The normalized spacial score (nSPS) is 19.1. The van der Waals surface area contributed by atoms with E-state index in [-0.39, 0.29) is 18.9 Å². The molecule has 0 bridgehead atoms. The van der Waals surface area contributed by atoms with E-state index < -0.39 is 31.5 Å². The summed E-state index contributed by atoms with van der Waals surface area (Å²) in [5.74, 6) is -2.61. The molecule has 1 aliphatic heterocycles. The highest BCUT2D eigenvalue weighted by Gasteiger charge is 2.32. The lowest BCUT2D eigenvalue weighted by atomic mass is 9.79. The van der Waals surface area contributed by atoms with Crippen LogP contribution in [0.3, 0.4) is 0 Å². The number of aliphatic carboxylic acids is 1. The molecule has 1 aliphatic rings. The average Bonchev–Trinajstić information content (AvgIpc) is 2.96. The van der Waals surface area contributed by atoms with E-state index in [0.29, 0.717) is 11.5 Å². The van der Waals surface area contributed by atoms with Crippen molar-refractivity contribution in [2.45, 2.75) is 5.94 Å². The first-order chi connectivity index (χ1) is 11.1. The summed E-state index contributed by atoms with van der Waals surface area (Å²) in [7, 11) is -1.20. The van der Waals surface area contributed by atoms with Crippen LogP contribution in [0.4, 0.5) is 0 Å². The first-order valence-corrected chi connectivity index (χ1v) is 7.60. The van der Waals surface area contributed by atoms with Crippen molar-refractivity contribution in [3.63, 3.8) is 0 Å². The average molecular weight is 342 g/mol. The van der Waals surface area contributed by atoms with Gasteiger partial charge in [-0.25, -0.2) is 4.79 Å². The lowest BCUT2D eigenvalue weighted by Crippen LogP contribution is -2.51. The van der Waals surface area contributed by atoms with Crippen LogP contribution < -0.4 is 5.32 Å². The number of carboxylic acid groups (broad SMARTS) is 1. The molecule has 0 radical (unpaired) electrons. The van der Waals surface area contributed by atoms with Crippen LogP contribution in [-0.4, -0.2) is 67.2 Å². The Morgan fingerprint density at radius 3 is 3.04 bits per heavy atom. The van der Waals surface area contributed by atoms with Gasteiger partial charge in [0.15, 0.2) is 5.71 Å². The van der Waals surface area contributed by atoms with Gasteiger partial charge in [0, 0.05) is 0 Å². The van der Waals surface area contributed by atoms with Crippen molar-refractivity contribution in [2.24, 2.45) is 5.16 Å². The van der Waals surface area contributed by atoms with Gasteiger partial charge in [-0.05, 0) is 11.4 Å². The van der Waals surface area contributed by atoms with Crippen LogP contribution in [0.2, 0.25) is 0 Å². The smallest absolute Gasteiger partial charge is 0.479 e. The fraction of sp³-hybridized carbons (Fsp3) is 0.417. The molecule has 9 nitrogen and oxygen atoms in total. The Morgan fingerprint density at radius 2 is 2.35 bits per heavy atom. The molecule has 0 aliphatic carbocycles. The maximum atomic E-state index is 12.4. The van der Waals surface area contributed by atoms with Gasteiger partial charge >= 0.3 is 13.1 Å². The molecule has 1 unspecified atom stereocenters. The van der Waals surface area contributed by atoms with Crippen molar-refractivity contribution in [3.05, 3.63) is 22.4 Å². The highest BCUT2D eigenvalue weighted by Crippen LogP contribution is 2.11. The van der Waals surface area contributed by atoms with Gasteiger partial charge in [-0.3, -0.25) is 4.79 Å². The van der Waals surface area contributed by atoms with Crippen molar-refractivity contribution in [3.8, 4) is 0 Å². The number of hydrogen-bond acceptors (Lipinski definition) is 8. The third-order valence-corrected chi connectivity index (χ3v) is 3.66. The number of hydrogen-bond donors (Lipinski definition) is 3. The first-order valence-electron chi connectivity index (χ1n) is 6.72. The highest BCUT2D eigenvalue weighted by molar-refractivity contribution is 7.13. The molecule has 1 fully saturated rings. The van der Waals surface area contributed by atoms with Crippen molar-refractivity contribution in [2.75, 3.05) is 26.4 Å². The number of carboxylic acids is 1. The summed E-state index contributed by atoms with van der Waals surface area (Å²) >= 11 is 1.24. The quantitative estimate of drug-likeness (QED) is 0.347. The number of nitrogens with one attached hydrogen (secondary N) is 1. The van der Waals surface area contributed by atoms with E-state index in [4.69, 9.17) is 14.5 Å². The fourth-order valence-electron chi connectivity index (χ4n) is 1.75. The Kier molecular flexibility index (Phi) is 6.53. The molecule has 3 N–H and O–H groups in total. The molecular weight excluding hydrogens is 327 g/mol. The van der Waals surface area contributed by atoms with E-state index in [9.17, 15) is 14.6 Å². The Hall–Kier alpha value is -1.95. The zero-order chi connectivity index (χ0) is 16.7. The largest absolute Gasteiger partial charge is 0.480 e. The second kappa shape index (κ2) is 8.63. The molecule has 1 atom stereocenters. The number of nitrogens with zero attached hydrogens (tertiary/aromatic N) is 1. The summed E-state index contributed by atoms with van der Waals surface area (Å²) in [5, 5.41) is 26.2. The number of oxime groups is 1. The van der Waals surface area contributed by atoms with Crippen LogP contribution in [-0.2, 0) is 23.8 Å². The molecule has 2 heterocycles. The van der Waals surface area contributed by atoms with E-state index >= 15 is 0 Å². The van der Waals surface area contributed by atoms with Crippen LogP contribution in [0, 0.1) is 0 Å². The van der Waals surface area contributed by atoms with E-state index in [2.05, 4.69) is 15.3 Å². The molecule has 1 saturated heterocycles. The number of amides is 1. The maximum Gasteiger partial charge on any atom is 0.480 e. The Morgan fingerprint density at radius 1 is 1.52 bits per heavy atom. The zero-order valence-corrected chi connectivity index (χ0v) is 12.8. The number of thiophene rings is 1. The van der Waals surface area contributed by atoms with Crippen molar-refractivity contribution in [1.82, 2.24) is 5.32 Å². The molecule has 0 aromatic carbocycles. The Labute approximate surface area is 136 Å². The van der Waals surface area contributed by atoms with Gasteiger partial charge in [0.2, 0.25) is 6.61 Å². The topological polar surface area (TPSA) is 127 Å². The van der Waals surface area contributed by atoms with Crippen LogP contribution in [0.25, 0.3) is 0 Å². The minimum Gasteiger partial charge on any atom is -0.479 e. The summed E-state index contributed by atoms with van der Waals surface area (Å²) < 4.78 is 10.3. The lowest BCUT2D eigenvalue weighted by Gasteiger charge is -2.17. The molecule has 1 amide bonds. The molecule has 1 aromatic rings. The predicted molar refractivity (Wildman–Crippen MR) is 81.1 cm³/mol. The number of carbonyl (C=O) groups is 2. The second-order valence-corrected chi connectivity index (χ2v) is 5.45. The van der Waals surface area contributed by atoms with Gasteiger partial charge < -0.3 is 29.7 Å². The summed E-state index contributed by atoms with van der Waals surface area (Å²) in [6, 6.07) is 3.36. The van der Waals surface area contributed by atoms with Gasteiger partial charge in [-0.2, -0.15) is 0 Å². The van der Waals surface area contributed by atoms with Crippen molar-refractivity contribution < 1.29 is 33.9 Å². The second-order valence-electron chi connectivity index (χ2n) is 4.50. The highest BCUT2D eigenvalue weighted by atomic mass is 32.1. The third kappa shape index (κ3) is 5.32. The minimum absolute atomic E-state index is 0.0839. The summed E-state index contributed by atoms with van der Waals surface area (Å²) in [4.78, 5) is 28.0. The SMILES string of the molecule is O=C(O)CO/N=C(/C(=O)NC1COCCOB1O)c1cccs1. The van der Waals surface area contributed by atoms with Crippen molar-refractivity contribution in [1.29, 1.82) is 0 Å². The molecule has 0 spiro atoms. The molecule has 23 heavy (non-hydrogen) atoms. The number of ether oxygens (including phenoxy) is 1. The van der Waals surface area contributed by atoms with E-state index in [1.54, 1.807) is 17.5 Å². The fourth-order valence-corrected chi connectivity index (χ4v) is 2.45. The van der Waals surface area contributed by atoms with Crippen LogP contribution >= 0.6 is 11.3 Å². The molecule has 2 rings (SSSR count). The summed E-state index contributed by atoms with van der Waals surface area (Å²) in [6.45, 7) is -0.0425. The summed E-state index contributed by atoms with van der Waals surface area (Å²) in [6.07, 6.45) is 0. The molecule has 124 valence electrons.